The summed E-state index contributed by atoms with van der Waals surface area (Å²) in [6.07, 6.45) is -1.18. The van der Waals surface area contributed by atoms with Gasteiger partial charge in [-0.1, -0.05) is 0 Å². The Morgan fingerprint density at radius 3 is 2.67 bits per heavy atom. The van der Waals surface area contributed by atoms with Crippen LogP contribution in [0.5, 0.6) is 0 Å². The smallest absolute Gasteiger partial charge is 0.251 e. The number of nitrogens with zero attached hydrogens (tertiary/aromatic N) is 1. The second-order valence-electron chi connectivity index (χ2n) is 2.80. The fraction of sp³-hybridized carbons (Fsp3) is 1.00. The maximum Gasteiger partial charge on any atom is 0.251 e. The zero-order valence-corrected chi connectivity index (χ0v) is 7.82. The van der Waals surface area contributed by atoms with Crippen LogP contribution in [0.25, 0.3) is 0 Å². The van der Waals surface area contributed by atoms with Crippen molar-refractivity contribution in [1.29, 1.82) is 0 Å². The molecule has 1 rings (SSSR count). The summed E-state index contributed by atoms with van der Waals surface area (Å²) >= 11 is 0. The zero-order chi connectivity index (χ0) is 8.27. The van der Waals surface area contributed by atoms with Gasteiger partial charge in [0.25, 0.3) is 6.43 Å². The summed E-state index contributed by atoms with van der Waals surface area (Å²) in [5, 5.41) is 0. The number of alkyl halides is 2. The van der Waals surface area contributed by atoms with Crippen LogP contribution in [0.3, 0.4) is 0 Å². The molecule has 1 fully saturated rings. The van der Waals surface area contributed by atoms with E-state index in [9.17, 15) is 8.78 Å². The van der Waals surface area contributed by atoms with Crippen LogP contribution >= 0.6 is 12.4 Å². The van der Waals surface area contributed by atoms with Crippen LogP contribution < -0.4 is 0 Å². The molecule has 1 atom stereocenters. The second-order valence-corrected chi connectivity index (χ2v) is 2.80. The van der Waals surface area contributed by atoms with Crippen molar-refractivity contribution in [2.45, 2.75) is 19.0 Å². The van der Waals surface area contributed by atoms with Gasteiger partial charge in [-0.3, -0.25) is 4.90 Å². The van der Waals surface area contributed by atoms with E-state index in [4.69, 9.17) is 4.74 Å². The Kier molecular flexibility index (Phi) is 5.70. The van der Waals surface area contributed by atoms with E-state index in [1.54, 1.807) is 12.0 Å². The van der Waals surface area contributed by atoms with Crippen molar-refractivity contribution in [3.8, 4) is 0 Å². The normalized spacial score (nSPS) is 24.5. The number of rotatable bonds is 3. The zero-order valence-electron chi connectivity index (χ0n) is 7.00. The van der Waals surface area contributed by atoms with Crippen molar-refractivity contribution in [1.82, 2.24) is 4.90 Å². The average Bonchev–Trinajstić information content (AvgIpc) is 2.34. The molecule has 0 bridgehead atoms. The van der Waals surface area contributed by atoms with Gasteiger partial charge < -0.3 is 4.74 Å². The third kappa shape index (κ3) is 3.65. The fourth-order valence-electron chi connectivity index (χ4n) is 1.35. The summed E-state index contributed by atoms with van der Waals surface area (Å²) in [7, 11) is 1.62. The van der Waals surface area contributed by atoms with Gasteiger partial charge >= 0.3 is 0 Å². The van der Waals surface area contributed by atoms with E-state index in [1.807, 2.05) is 0 Å². The first-order valence-corrected chi connectivity index (χ1v) is 3.75. The van der Waals surface area contributed by atoms with E-state index in [1.165, 1.54) is 0 Å². The highest BCUT2D eigenvalue weighted by Crippen LogP contribution is 2.12. The molecule has 1 aliphatic heterocycles. The third-order valence-corrected chi connectivity index (χ3v) is 1.96. The Hall–Kier alpha value is 0.0700. The molecule has 1 aliphatic rings. The molecule has 2 nitrogen and oxygen atoms in total. The monoisotopic (exact) mass is 201 g/mol. The molecule has 0 unspecified atom stereocenters. The quantitative estimate of drug-likeness (QED) is 0.685. The lowest BCUT2D eigenvalue weighted by atomic mass is 10.3. The van der Waals surface area contributed by atoms with Gasteiger partial charge in [0.05, 0.1) is 12.6 Å². The minimum Gasteiger partial charge on any atom is -0.380 e. The molecular formula is C7H14ClF2NO. The summed E-state index contributed by atoms with van der Waals surface area (Å²) in [4.78, 5) is 1.73. The van der Waals surface area contributed by atoms with E-state index in [0.717, 1.165) is 13.0 Å². The first-order chi connectivity index (χ1) is 5.22. The van der Waals surface area contributed by atoms with Crippen LogP contribution in [0, 0.1) is 0 Å². The van der Waals surface area contributed by atoms with Gasteiger partial charge in [-0.15, -0.1) is 12.4 Å². The van der Waals surface area contributed by atoms with Crippen LogP contribution in [0.2, 0.25) is 0 Å². The number of methoxy groups -OCH3 is 1. The van der Waals surface area contributed by atoms with Crippen LogP contribution in [0.15, 0.2) is 0 Å². The number of likely N-dealkylation sites (tertiary alicyclic amines) is 1. The topological polar surface area (TPSA) is 12.5 Å². The van der Waals surface area contributed by atoms with E-state index < -0.39 is 6.43 Å². The molecule has 1 heterocycles. The third-order valence-electron chi connectivity index (χ3n) is 1.96. The lowest BCUT2D eigenvalue weighted by Crippen LogP contribution is -2.27. The molecule has 0 saturated carbocycles. The van der Waals surface area contributed by atoms with Crippen LogP contribution in [0.1, 0.15) is 6.42 Å². The molecule has 0 radical (unpaired) electrons. The molecule has 0 amide bonds. The standard InChI is InChI=1S/C7H13F2NO.ClH/c1-11-6-2-3-10(4-6)5-7(8)9;/h6-7H,2-5H2,1H3;1H/t6-;/m1./s1. The van der Waals surface area contributed by atoms with E-state index in [2.05, 4.69) is 0 Å². The summed E-state index contributed by atoms with van der Waals surface area (Å²) in [6, 6.07) is 0. The summed E-state index contributed by atoms with van der Waals surface area (Å²) in [5.41, 5.74) is 0. The molecule has 74 valence electrons. The van der Waals surface area contributed by atoms with Crippen molar-refractivity contribution in [2.24, 2.45) is 0 Å². The highest BCUT2D eigenvalue weighted by atomic mass is 35.5. The number of hydrogen-bond acceptors (Lipinski definition) is 2. The fourth-order valence-corrected chi connectivity index (χ4v) is 1.35. The molecule has 5 heteroatoms. The van der Waals surface area contributed by atoms with Gasteiger partial charge in [-0.25, -0.2) is 8.78 Å². The van der Waals surface area contributed by atoms with Crippen LogP contribution in [0.4, 0.5) is 8.78 Å². The Labute approximate surface area is 77.3 Å². The molecule has 12 heavy (non-hydrogen) atoms. The van der Waals surface area contributed by atoms with Gasteiger partial charge in [-0.2, -0.15) is 0 Å². The minimum absolute atomic E-state index is 0. The largest absolute Gasteiger partial charge is 0.380 e. The molecule has 0 aromatic heterocycles. The molecule has 1 saturated heterocycles. The van der Waals surface area contributed by atoms with Crippen LogP contribution in [-0.2, 0) is 4.74 Å². The Balaban J connectivity index is 0.00000121. The molecule has 0 aromatic carbocycles. The average molecular weight is 202 g/mol. The first-order valence-electron chi connectivity index (χ1n) is 3.75. The van der Waals surface area contributed by atoms with Crippen molar-refractivity contribution < 1.29 is 13.5 Å². The van der Waals surface area contributed by atoms with Crippen LogP contribution in [-0.4, -0.2) is 44.2 Å². The predicted molar refractivity (Wildman–Crippen MR) is 45.1 cm³/mol. The molecule has 0 aliphatic carbocycles. The summed E-state index contributed by atoms with van der Waals surface area (Å²) < 4.78 is 28.7. The number of halogens is 3. The molecule has 0 N–H and O–H groups in total. The highest BCUT2D eigenvalue weighted by molar-refractivity contribution is 5.85. The van der Waals surface area contributed by atoms with E-state index in [-0.39, 0.29) is 25.1 Å². The Bertz CT molecular complexity index is 126. The second kappa shape index (κ2) is 5.67. The number of ether oxygens (including phenoxy) is 1. The van der Waals surface area contributed by atoms with Gasteiger partial charge in [0, 0.05) is 20.2 Å². The Morgan fingerprint density at radius 2 is 2.25 bits per heavy atom. The highest BCUT2D eigenvalue weighted by Gasteiger charge is 2.23. The van der Waals surface area contributed by atoms with Gasteiger partial charge in [0.15, 0.2) is 0 Å². The van der Waals surface area contributed by atoms with Crippen molar-refractivity contribution in [3.05, 3.63) is 0 Å². The predicted octanol–water partition coefficient (Wildman–Crippen LogP) is 1.39. The van der Waals surface area contributed by atoms with Gasteiger partial charge in [0.2, 0.25) is 0 Å². The summed E-state index contributed by atoms with van der Waals surface area (Å²) in [6.45, 7) is 1.28. The minimum atomic E-state index is -2.22. The lowest BCUT2D eigenvalue weighted by molar-refractivity contribution is 0.0774. The molecular weight excluding hydrogens is 188 g/mol. The summed E-state index contributed by atoms with van der Waals surface area (Å²) in [5.74, 6) is 0. The maximum atomic E-state index is 11.8. The van der Waals surface area contributed by atoms with E-state index in [0.29, 0.717) is 6.54 Å². The van der Waals surface area contributed by atoms with Crippen molar-refractivity contribution >= 4 is 12.4 Å². The van der Waals surface area contributed by atoms with E-state index >= 15 is 0 Å². The SMILES string of the molecule is CO[C@@H]1CCN(CC(F)F)C1.Cl. The first kappa shape index (κ1) is 12.1. The molecule has 0 aromatic rings. The van der Waals surface area contributed by atoms with Crippen molar-refractivity contribution in [2.75, 3.05) is 26.7 Å². The Morgan fingerprint density at radius 1 is 1.58 bits per heavy atom. The molecule has 0 spiro atoms. The van der Waals surface area contributed by atoms with Gasteiger partial charge in [0.1, 0.15) is 0 Å². The lowest BCUT2D eigenvalue weighted by Gasteiger charge is -2.13. The van der Waals surface area contributed by atoms with Gasteiger partial charge in [-0.05, 0) is 6.42 Å². The number of hydrogen-bond donors (Lipinski definition) is 0. The maximum absolute atomic E-state index is 11.8. The van der Waals surface area contributed by atoms with Crippen molar-refractivity contribution in [3.63, 3.8) is 0 Å².